The largest absolute Gasteiger partial charge is 0.462 e. The maximum atomic E-state index is 12.9. The van der Waals surface area contributed by atoms with Crippen molar-refractivity contribution in [3.63, 3.8) is 0 Å². The van der Waals surface area contributed by atoms with Crippen LogP contribution in [-0.2, 0) is 28.6 Å². The van der Waals surface area contributed by atoms with Crippen LogP contribution in [-0.4, -0.2) is 37.2 Å². The van der Waals surface area contributed by atoms with Crippen molar-refractivity contribution in [2.24, 2.45) is 0 Å². The topological polar surface area (TPSA) is 78.9 Å². The molecule has 0 aromatic carbocycles. The van der Waals surface area contributed by atoms with Gasteiger partial charge in [0.1, 0.15) is 13.2 Å². The lowest BCUT2D eigenvalue weighted by molar-refractivity contribution is -0.167. The van der Waals surface area contributed by atoms with Crippen molar-refractivity contribution >= 4 is 17.9 Å². The smallest absolute Gasteiger partial charge is 0.306 e. The van der Waals surface area contributed by atoms with E-state index in [2.05, 4.69) is 93.7 Å². The highest BCUT2D eigenvalue weighted by Gasteiger charge is 2.19. The molecule has 0 aromatic rings. The molecule has 0 aromatic heterocycles. The van der Waals surface area contributed by atoms with E-state index in [1.165, 1.54) is 205 Å². The van der Waals surface area contributed by atoms with E-state index in [4.69, 9.17) is 14.2 Å². The molecule has 77 heavy (non-hydrogen) atoms. The van der Waals surface area contributed by atoms with Gasteiger partial charge in [-0.3, -0.25) is 14.4 Å². The Kier molecular flexibility index (Phi) is 62.7. The maximum Gasteiger partial charge on any atom is 0.306 e. The molecule has 0 fully saturated rings. The molecule has 1 unspecified atom stereocenters. The van der Waals surface area contributed by atoms with Crippen LogP contribution in [0.15, 0.2) is 72.9 Å². The Morgan fingerprint density at radius 1 is 0.273 bits per heavy atom. The normalized spacial score (nSPS) is 12.5. The Morgan fingerprint density at radius 3 is 0.805 bits per heavy atom. The van der Waals surface area contributed by atoms with Crippen LogP contribution >= 0.6 is 0 Å². The van der Waals surface area contributed by atoms with Crippen LogP contribution in [0.4, 0.5) is 0 Å². The van der Waals surface area contributed by atoms with E-state index in [0.29, 0.717) is 19.3 Å². The maximum absolute atomic E-state index is 12.9. The fourth-order valence-electron chi connectivity index (χ4n) is 9.70. The summed E-state index contributed by atoms with van der Waals surface area (Å²) in [6.07, 6.45) is 85.0. The first-order valence-corrected chi connectivity index (χ1v) is 33.4. The number of hydrogen-bond donors (Lipinski definition) is 0. The first kappa shape index (κ1) is 73.8. The van der Waals surface area contributed by atoms with Gasteiger partial charge in [0, 0.05) is 19.3 Å². The first-order chi connectivity index (χ1) is 38.0. The summed E-state index contributed by atoms with van der Waals surface area (Å²) in [6.45, 7) is 6.54. The van der Waals surface area contributed by atoms with E-state index < -0.39 is 6.10 Å². The van der Waals surface area contributed by atoms with Crippen LogP contribution in [0.25, 0.3) is 0 Å². The number of rotatable bonds is 61. The number of carbonyl (C=O) groups excluding carboxylic acids is 3. The van der Waals surface area contributed by atoms with Crippen LogP contribution in [0.5, 0.6) is 0 Å². The summed E-state index contributed by atoms with van der Waals surface area (Å²) >= 11 is 0. The van der Waals surface area contributed by atoms with Gasteiger partial charge in [0.15, 0.2) is 6.10 Å². The molecule has 6 nitrogen and oxygen atoms in total. The van der Waals surface area contributed by atoms with Crippen molar-refractivity contribution in [3.8, 4) is 0 Å². The van der Waals surface area contributed by atoms with Crippen molar-refractivity contribution in [1.29, 1.82) is 0 Å². The summed E-state index contributed by atoms with van der Waals surface area (Å²) in [5.74, 6) is -0.866. The van der Waals surface area contributed by atoms with Crippen LogP contribution in [0.3, 0.4) is 0 Å². The molecule has 0 amide bonds. The second-order valence-corrected chi connectivity index (χ2v) is 22.4. The lowest BCUT2D eigenvalue weighted by Crippen LogP contribution is -2.30. The number of esters is 3. The molecule has 0 radical (unpaired) electrons. The summed E-state index contributed by atoms with van der Waals surface area (Å²) in [7, 11) is 0. The Hall–Kier alpha value is -3.15. The predicted octanol–water partition coefficient (Wildman–Crippen LogP) is 22.9. The molecule has 1 atom stereocenters. The van der Waals surface area contributed by atoms with Crippen LogP contribution in [0, 0.1) is 0 Å². The Balaban J connectivity index is 4.19. The van der Waals surface area contributed by atoms with E-state index in [1.807, 2.05) is 0 Å². The number of ether oxygens (including phenoxy) is 3. The third kappa shape index (κ3) is 63.6. The van der Waals surface area contributed by atoms with E-state index in [1.54, 1.807) is 0 Å². The van der Waals surface area contributed by atoms with Gasteiger partial charge in [0.05, 0.1) is 0 Å². The molecule has 446 valence electrons. The summed E-state index contributed by atoms with van der Waals surface area (Å²) in [6, 6.07) is 0. The van der Waals surface area contributed by atoms with Crippen molar-refractivity contribution in [2.45, 2.75) is 348 Å². The third-order valence-corrected chi connectivity index (χ3v) is 14.7. The second-order valence-electron chi connectivity index (χ2n) is 22.4. The van der Waals surface area contributed by atoms with Gasteiger partial charge in [-0.2, -0.15) is 0 Å². The monoisotopic (exact) mass is 1070 g/mol. The highest BCUT2D eigenvalue weighted by atomic mass is 16.6. The van der Waals surface area contributed by atoms with Crippen LogP contribution < -0.4 is 0 Å². The lowest BCUT2D eigenvalue weighted by atomic mass is 10.0. The molecular weight excluding hydrogens is 949 g/mol. The number of unbranched alkanes of at least 4 members (excludes halogenated alkanes) is 38. The number of hydrogen-bond acceptors (Lipinski definition) is 6. The average Bonchev–Trinajstić information content (AvgIpc) is 3.43. The van der Waals surface area contributed by atoms with Gasteiger partial charge in [0.25, 0.3) is 0 Å². The SMILES string of the molecule is CC/C=C\C/C=C\C/C=C\C/C=C\C/C=C\CCCCCCCCCCCC(=O)OCC(COC(=O)CCCCCCCCCCC)OC(=O)CCCCCCCCCCCCCCC/C=C\CCCCCCCCCC. The Labute approximate surface area is 478 Å². The lowest BCUT2D eigenvalue weighted by Gasteiger charge is -2.18. The van der Waals surface area contributed by atoms with Gasteiger partial charge in [-0.05, 0) is 89.9 Å². The van der Waals surface area contributed by atoms with E-state index in [9.17, 15) is 14.4 Å². The molecule has 0 rings (SSSR count). The standard InChI is InChI=1S/C71H126O6/c1-4-7-10-13-16-19-21-23-25-27-29-31-33-35-37-39-41-43-45-47-49-52-55-58-61-64-70(73)76-67-68(66-75-69(72)63-60-57-54-51-18-15-12-9-6-3)77-71(74)65-62-59-56-53-50-48-46-44-42-40-38-36-34-32-30-28-26-24-22-20-17-14-11-8-5-2/h7,10,16,19,23,25,28-31,35,37,68H,4-6,8-9,11-15,17-18,20-22,24,26-27,32-34,36,38-67H2,1-3H3/b10-7-,19-16-,25-23-,30-28-,31-29-,37-35-. The fraction of sp³-hybridized carbons (Fsp3) is 0.789. The highest BCUT2D eigenvalue weighted by Crippen LogP contribution is 2.17. The summed E-state index contributed by atoms with van der Waals surface area (Å²) in [4.78, 5) is 38.2. The summed E-state index contributed by atoms with van der Waals surface area (Å²) in [5.41, 5.74) is 0. The molecule has 0 aliphatic heterocycles. The van der Waals surface area contributed by atoms with E-state index >= 15 is 0 Å². The molecule has 0 aliphatic carbocycles. The van der Waals surface area contributed by atoms with Crippen molar-refractivity contribution in [3.05, 3.63) is 72.9 Å². The first-order valence-electron chi connectivity index (χ1n) is 33.4. The number of allylic oxidation sites excluding steroid dienone is 12. The zero-order valence-electron chi connectivity index (χ0n) is 51.2. The van der Waals surface area contributed by atoms with Gasteiger partial charge < -0.3 is 14.2 Å². The zero-order chi connectivity index (χ0) is 55.7. The Bertz CT molecular complexity index is 1420. The molecule has 0 saturated heterocycles. The van der Waals surface area contributed by atoms with Gasteiger partial charge >= 0.3 is 17.9 Å². The van der Waals surface area contributed by atoms with Crippen molar-refractivity contribution in [1.82, 2.24) is 0 Å². The zero-order valence-corrected chi connectivity index (χ0v) is 51.2. The molecule has 0 spiro atoms. The minimum atomic E-state index is -0.776. The van der Waals surface area contributed by atoms with E-state index in [-0.39, 0.29) is 31.1 Å². The molecule has 0 bridgehead atoms. The summed E-state index contributed by atoms with van der Waals surface area (Å²) < 4.78 is 16.9. The minimum absolute atomic E-state index is 0.0737. The third-order valence-electron chi connectivity index (χ3n) is 14.7. The van der Waals surface area contributed by atoms with Gasteiger partial charge in [-0.15, -0.1) is 0 Å². The molecule has 0 N–H and O–H groups in total. The molecular formula is C71H126O6. The van der Waals surface area contributed by atoms with E-state index in [0.717, 1.165) is 96.3 Å². The molecule has 0 heterocycles. The van der Waals surface area contributed by atoms with Gasteiger partial charge in [-0.1, -0.05) is 306 Å². The predicted molar refractivity (Wildman–Crippen MR) is 335 cm³/mol. The van der Waals surface area contributed by atoms with Gasteiger partial charge in [0.2, 0.25) is 0 Å². The Morgan fingerprint density at radius 2 is 0.506 bits per heavy atom. The summed E-state index contributed by atoms with van der Waals surface area (Å²) in [5, 5.41) is 0. The molecule has 0 saturated carbocycles. The van der Waals surface area contributed by atoms with Crippen LogP contribution in [0.2, 0.25) is 0 Å². The fourth-order valence-corrected chi connectivity index (χ4v) is 9.70. The van der Waals surface area contributed by atoms with Crippen molar-refractivity contribution < 1.29 is 28.6 Å². The van der Waals surface area contributed by atoms with Crippen LogP contribution in [0.1, 0.15) is 342 Å². The second kappa shape index (κ2) is 65.4. The van der Waals surface area contributed by atoms with Crippen molar-refractivity contribution in [2.75, 3.05) is 13.2 Å². The molecule has 0 aliphatic rings. The number of carbonyl (C=O) groups is 3. The van der Waals surface area contributed by atoms with Gasteiger partial charge in [-0.25, -0.2) is 0 Å². The molecule has 6 heteroatoms. The highest BCUT2D eigenvalue weighted by molar-refractivity contribution is 5.71. The average molecular weight is 1080 g/mol. The quantitative estimate of drug-likeness (QED) is 0.0261. The minimum Gasteiger partial charge on any atom is -0.462 e.